The number of hydrogen-bond acceptors (Lipinski definition) is 5. The van der Waals surface area contributed by atoms with E-state index in [1.54, 1.807) is 25.3 Å². The highest BCUT2D eigenvalue weighted by Gasteiger charge is 2.30. The fraction of sp³-hybridized carbons (Fsp3) is 0.357. The van der Waals surface area contributed by atoms with Gasteiger partial charge in [-0.1, -0.05) is 11.6 Å². The molecule has 0 bridgehead atoms. The molecule has 7 heteroatoms. The van der Waals surface area contributed by atoms with Crippen LogP contribution in [0.5, 0.6) is 0 Å². The number of anilines is 1. The lowest BCUT2D eigenvalue weighted by Gasteiger charge is -2.35. The molecule has 6 nitrogen and oxygen atoms in total. The molecule has 1 aliphatic carbocycles. The quantitative estimate of drug-likeness (QED) is 0.901. The zero-order chi connectivity index (χ0) is 15.0. The van der Waals surface area contributed by atoms with Crippen LogP contribution in [0.2, 0.25) is 5.02 Å². The summed E-state index contributed by atoms with van der Waals surface area (Å²) in [5.74, 6) is -0.616. The Labute approximate surface area is 126 Å². The monoisotopic (exact) mass is 306 g/mol. The van der Waals surface area contributed by atoms with Crippen LogP contribution in [0.4, 0.5) is 5.69 Å². The lowest BCUT2D eigenvalue weighted by molar-refractivity contribution is 0.0329. The molecule has 0 spiro atoms. The summed E-state index contributed by atoms with van der Waals surface area (Å²) in [6.07, 6.45) is 2.00. The Balaban J connectivity index is 2.02. The molecule has 3 rings (SSSR count). The summed E-state index contributed by atoms with van der Waals surface area (Å²) in [6, 6.07) is 5.47. The van der Waals surface area contributed by atoms with Gasteiger partial charge in [0.25, 0.3) is 5.91 Å². The first-order chi connectivity index (χ1) is 10.1. The molecule has 0 saturated heterocycles. The maximum atomic E-state index is 11.6. The third-order valence-electron chi connectivity index (χ3n) is 3.73. The molecule has 1 aromatic carbocycles. The van der Waals surface area contributed by atoms with E-state index in [-0.39, 0.29) is 17.8 Å². The Morgan fingerprint density at radius 2 is 2.19 bits per heavy atom. The fourth-order valence-corrected chi connectivity index (χ4v) is 2.65. The minimum absolute atomic E-state index is 0.130. The molecule has 1 heterocycles. The van der Waals surface area contributed by atoms with Crippen molar-refractivity contribution in [1.82, 2.24) is 10.2 Å². The average Bonchev–Trinajstić information content (AvgIpc) is 2.41. The second-order valence-electron chi connectivity index (χ2n) is 5.12. The number of amides is 1. The highest BCUT2D eigenvalue weighted by Crippen LogP contribution is 2.32. The number of nitrogens with one attached hydrogen (secondary N) is 1. The van der Waals surface area contributed by atoms with Crippen LogP contribution >= 0.6 is 11.6 Å². The Morgan fingerprint density at radius 3 is 2.86 bits per heavy atom. The second kappa shape index (κ2) is 5.46. The summed E-state index contributed by atoms with van der Waals surface area (Å²) in [6.45, 7) is 0. The lowest BCUT2D eigenvalue weighted by Crippen LogP contribution is -2.40. The van der Waals surface area contributed by atoms with Gasteiger partial charge in [0.05, 0.1) is 17.3 Å². The normalized spacial score (nSPS) is 21.0. The minimum atomic E-state index is -0.616. The van der Waals surface area contributed by atoms with Gasteiger partial charge in [-0.05, 0) is 31.0 Å². The van der Waals surface area contributed by atoms with Crippen LogP contribution in [-0.2, 0) is 4.74 Å². The number of hydrogen-bond donors (Lipinski definition) is 2. The third kappa shape index (κ3) is 2.64. The summed E-state index contributed by atoms with van der Waals surface area (Å²) in [7, 11) is 1.69. The van der Waals surface area contributed by atoms with Gasteiger partial charge in [0.2, 0.25) is 0 Å². The van der Waals surface area contributed by atoms with Crippen LogP contribution in [0.15, 0.2) is 18.2 Å². The van der Waals surface area contributed by atoms with Gasteiger partial charge in [-0.3, -0.25) is 4.79 Å². The zero-order valence-corrected chi connectivity index (χ0v) is 12.2. The number of carbonyl (C=O) groups excluding carboxylic acids is 1. The predicted molar refractivity (Wildman–Crippen MR) is 80.5 cm³/mol. The topological polar surface area (TPSA) is 90.1 Å². The SMILES string of the molecule is COC1CC(Nc2c(C(N)=O)nnc3ccc(Cl)cc23)C1. The van der Waals surface area contributed by atoms with E-state index in [4.69, 9.17) is 22.1 Å². The first kappa shape index (κ1) is 14.0. The summed E-state index contributed by atoms with van der Waals surface area (Å²) < 4.78 is 5.26. The number of nitrogens with two attached hydrogens (primary N) is 1. The van der Waals surface area contributed by atoms with E-state index in [1.807, 2.05) is 0 Å². The van der Waals surface area contributed by atoms with Crippen molar-refractivity contribution in [3.8, 4) is 0 Å². The number of primary amides is 1. The van der Waals surface area contributed by atoms with E-state index in [0.29, 0.717) is 16.2 Å². The van der Waals surface area contributed by atoms with Crippen LogP contribution in [0, 0.1) is 0 Å². The van der Waals surface area contributed by atoms with Crippen LogP contribution in [0.3, 0.4) is 0 Å². The number of ether oxygens (including phenoxy) is 1. The molecule has 1 aromatic heterocycles. The Hall–Kier alpha value is -1.92. The van der Waals surface area contributed by atoms with Gasteiger partial charge in [0, 0.05) is 23.6 Å². The van der Waals surface area contributed by atoms with Crippen molar-refractivity contribution in [3.63, 3.8) is 0 Å². The molecule has 3 N–H and O–H groups in total. The van der Waals surface area contributed by atoms with Crippen LogP contribution in [0.1, 0.15) is 23.3 Å². The first-order valence-corrected chi connectivity index (χ1v) is 7.01. The van der Waals surface area contributed by atoms with Crippen LogP contribution < -0.4 is 11.1 Å². The fourth-order valence-electron chi connectivity index (χ4n) is 2.48. The van der Waals surface area contributed by atoms with Gasteiger partial charge in [0.15, 0.2) is 5.69 Å². The van der Waals surface area contributed by atoms with E-state index in [9.17, 15) is 4.79 Å². The van der Waals surface area contributed by atoms with Crippen molar-refractivity contribution < 1.29 is 9.53 Å². The van der Waals surface area contributed by atoms with Crippen LogP contribution in [-0.4, -0.2) is 35.4 Å². The van der Waals surface area contributed by atoms with Gasteiger partial charge in [-0.15, -0.1) is 10.2 Å². The molecule has 1 amide bonds. The number of carbonyl (C=O) groups is 1. The number of aromatic nitrogens is 2. The van der Waals surface area contributed by atoms with Crippen molar-refractivity contribution in [3.05, 3.63) is 28.9 Å². The van der Waals surface area contributed by atoms with E-state index in [0.717, 1.165) is 18.2 Å². The van der Waals surface area contributed by atoms with Gasteiger partial charge in [0.1, 0.15) is 0 Å². The summed E-state index contributed by atoms with van der Waals surface area (Å²) >= 11 is 6.04. The van der Waals surface area contributed by atoms with Crippen molar-refractivity contribution in [2.45, 2.75) is 25.0 Å². The Kier molecular flexibility index (Phi) is 3.65. The number of methoxy groups -OCH3 is 1. The van der Waals surface area contributed by atoms with Crippen molar-refractivity contribution in [2.75, 3.05) is 12.4 Å². The van der Waals surface area contributed by atoms with Gasteiger partial charge in [-0.25, -0.2) is 0 Å². The summed E-state index contributed by atoms with van der Waals surface area (Å²) in [5.41, 5.74) is 6.78. The minimum Gasteiger partial charge on any atom is -0.381 e. The van der Waals surface area contributed by atoms with Crippen LogP contribution in [0.25, 0.3) is 10.9 Å². The molecular formula is C14H15ClN4O2. The molecule has 110 valence electrons. The highest BCUT2D eigenvalue weighted by atomic mass is 35.5. The molecule has 0 aliphatic heterocycles. The lowest BCUT2D eigenvalue weighted by atomic mass is 9.89. The smallest absolute Gasteiger partial charge is 0.271 e. The predicted octanol–water partition coefficient (Wildman–Crippen LogP) is 1.97. The number of fused-ring (bicyclic) bond motifs is 1. The van der Waals surface area contributed by atoms with Gasteiger partial charge in [-0.2, -0.15) is 0 Å². The van der Waals surface area contributed by atoms with E-state index >= 15 is 0 Å². The van der Waals surface area contributed by atoms with Crippen molar-refractivity contribution in [1.29, 1.82) is 0 Å². The Morgan fingerprint density at radius 1 is 1.43 bits per heavy atom. The number of nitrogens with zero attached hydrogens (tertiary/aromatic N) is 2. The first-order valence-electron chi connectivity index (χ1n) is 6.63. The summed E-state index contributed by atoms with van der Waals surface area (Å²) in [4.78, 5) is 11.6. The standard InChI is InChI=1S/C14H15ClN4O2/c1-21-9-5-8(6-9)17-12-10-4-7(15)2-3-11(10)18-19-13(12)14(16)20/h2-4,8-9H,5-6H2,1H3,(H2,16,20)(H,17,18). The Bertz CT molecular complexity index is 701. The molecular weight excluding hydrogens is 292 g/mol. The second-order valence-corrected chi connectivity index (χ2v) is 5.56. The highest BCUT2D eigenvalue weighted by molar-refractivity contribution is 6.31. The summed E-state index contributed by atoms with van der Waals surface area (Å²) in [5, 5.41) is 12.6. The molecule has 0 radical (unpaired) electrons. The average molecular weight is 307 g/mol. The molecule has 21 heavy (non-hydrogen) atoms. The van der Waals surface area contributed by atoms with E-state index < -0.39 is 5.91 Å². The van der Waals surface area contributed by atoms with E-state index in [1.165, 1.54) is 0 Å². The number of benzene rings is 1. The van der Waals surface area contributed by atoms with E-state index in [2.05, 4.69) is 15.5 Å². The number of rotatable bonds is 4. The molecule has 0 atom stereocenters. The van der Waals surface area contributed by atoms with Gasteiger partial charge >= 0.3 is 0 Å². The van der Waals surface area contributed by atoms with Gasteiger partial charge < -0.3 is 15.8 Å². The van der Waals surface area contributed by atoms with Crippen molar-refractivity contribution >= 4 is 34.1 Å². The molecule has 2 aromatic rings. The largest absolute Gasteiger partial charge is 0.381 e. The number of halogens is 1. The third-order valence-corrected chi connectivity index (χ3v) is 3.97. The molecule has 1 saturated carbocycles. The molecule has 1 fully saturated rings. The maximum Gasteiger partial charge on any atom is 0.271 e. The van der Waals surface area contributed by atoms with Crippen molar-refractivity contribution in [2.24, 2.45) is 5.73 Å². The zero-order valence-electron chi connectivity index (χ0n) is 11.5. The molecule has 1 aliphatic rings. The molecule has 0 unspecified atom stereocenters. The maximum absolute atomic E-state index is 11.6.